The zero-order valence-corrected chi connectivity index (χ0v) is 18.5. The number of aromatic nitrogens is 7. The molecule has 0 aliphatic carbocycles. The lowest BCUT2D eigenvalue weighted by molar-refractivity contribution is 0.168. The lowest BCUT2D eigenvalue weighted by Gasteiger charge is -2.30. The quantitative estimate of drug-likeness (QED) is 0.449. The third-order valence-electron chi connectivity index (χ3n) is 5.71. The molecule has 0 saturated carbocycles. The van der Waals surface area contributed by atoms with Crippen LogP contribution in [0.5, 0.6) is 0 Å². The van der Waals surface area contributed by atoms with Gasteiger partial charge in [0, 0.05) is 30.4 Å². The zero-order chi connectivity index (χ0) is 22.9. The van der Waals surface area contributed by atoms with Crippen molar-refractivity contribution in [3.05, 3.63) is 54.5 Å². The molecule has 3 N–H and O–H groups in total. The first-order chi connectivity index (χ1) is 15.3. The topological polar surface area (TPSA) is 142 Å². The second-order valence-corrected chi connectivity index (χ2v) is 8.34. The van der Waals surface area contributed by atoms with Gasteiger partial charge in [-0.25, -0.2) is 9.97 Å². The molecule has 10 nitrogen and oxygen atoms in total. The summed E-state index contributed by atoms with van der Waals surface area (Å²) >= 11 is 0. The molecule has 0 radical (unpaired) electrons. The summed E-state index contributed by atoms with van der Waals surface area (Å²) in [5.74, 6) is 1.34. The Morgan fingerprint density at radius 3 is 2.44 bits per heavy atom. The van der Waals surface area contributed by atoms with E-state index in [0.29, 0.717) is 23.8 Å². The minimum Gasteiger partial charge on any atom is -0.391 e. The van der Waals surface area contributed by atoms with Crippen LogP contribution in [-0.4, -0.2) is 46.1 Å². The van der Waals surface area contributed by atoms with Crippen molar-refractivity contribution in [2.45, 2.75) is 45.8 Å². The molecule has 2 atom stereocenters. The van der Waals surface area contributed by atoms with Crippen molar-refractivity contribution in [3.63, 3.8) is 0 Å². The van der Waals surface area contributed by atoms with Crippen molar-refractivity contribution in [2.75, 3.05) is 5.73 Å². The highest BCUT2D eigenvalue weighted by Gasteiger charge is 2.38. The Labute approximate surface area is 185 Å². The van der Waals surface area contributed by atoms with E-state index >= 15 is 0 Å². The lowest BCUT2D eigenvalue weighted by atomic mass is 9.73. The number of aliphatic hydroxyl groups is 1. The van der Waals surface area contributed by atoms with Gasteiger partial charge in [-0.3, -0.25) is 9.67 Å². The normalized spacial score (nSPS) is 14.4. The minimum atomic E-state index is -0.527. The molecule has 4 aromatic heterocycles. The molecule has 0 fully saturated rings. The third kappa shape index (κ3) is 4.09. The molecule has 166 valence electrons. The van der Waals surface area contributed by atoms with Gasteiger partial charge in [-0.15, -0.1) is 0 Å². The maximum atomic E-state index is 9.56. The SMILES string of the molecule is CC(O)Cn1cc(-c2nc(C(C)(c3ccc(-c4cnc(N)nc4)nc3)C(C)C)no2)cn1. The number of nitrogen functional groups attached to an aromatic ring is 1. The fourth-order valence-electron chi connectivity index (χ4n) is 3.46. The molecule has 32 heavy (non-hydrogen) atoms. The van der Waals surface area contributed by atoms with E-state index in [-0.39, 0.29) is 11.9 Å². The number of rotatable bonds is 7. The summed E-state index contributed by atoms with van der Waals surface area (Å²) in [6, 6.07) is 3.93. The molecule has 10 heteroatoms. The summed E-state index contributed by atoms with van der Waals surface area (Å²) < 4.78 is 7.21. The number of nitrogens with zero attached hydrogens (tertiary/aromatic N) is 7. The number of hydrogen-bond donors (Lipinski definition) is 2. The van der Waals surface area contributed by atoms with Crippen LogP contribution in [0.2, 0.25) is 0 Å². The van der Waals surface area contributed by atoms with Crippen molar-refractivity contribution in [3.8, 4) is 22.7 Å². The molecule has 0 aliphatic rings. The number of aliphatic hydroxyl groups excluding tert-OH is 1. The second-order valence-electron chi connectivity index (χ2n) is 8.34. The summed E-state index contributed by atoms with van der Waals surface area (Å²) in [4.78, 5) is 17.3. The van der Waals surface area contributed by atoms with Gasteiger partial charge >= 0.3 is 0 Å². The summed E-state index contributed by atoms with van der Waals surface area (Å²) in [6.07, 6.45) is 8.05. The van der Waals surface area contributed by atoms with E-state index in [1.165, 1.54) is 0 Å². The van der Waals surface area contributed by atoms with Crippen molar-refractivity contribution in [1.82, 2.24) is 34.9 Å². The Bertz CT molecular complexity index is 1180. The van der Waals surface area contributed by atoms with Gasteiger partial charge in [-0.05, 0) is 31.4 Å². The summed E-state index contributed by atoms with van der Waals surface area (Å²) in [5, 5.41) is 18.1. The molecule has 4 aromatic rings. The third-order valence-corrected chi connectivity index (χ3v) is 5.71. The van der Waals surface area contributed by atoms with Crippen molar-refractivity contribution < 1.29 is 9.63 Å². The lowest BCUT2D eigenvalue weighted by Crippen LogP contribution is -2.31. The summed E-state index contributed by atoms with van der Waals surface area (Å²) in [7, 11) is 0. The molecular formula is C22H26N8O2. The van der Waals surface area contributed by atoms with E-state index < -0.39 is 11.5 Å². The van der Waals surface area contributed by atoms with Gasteiger partial charge in [-0.2, -0.15) is 10.1 Å². The van der Waals surface area contributed by atoms with Gasteiger partial charge in [-0.1, -0.05) is 25.1 Å². The summed E-state index contributed by atoms with van der Waals surface area (Å²) in [6.45, 7) is 8.39. The minimum absolute atomic E-state index is 0.165. The van der Waals surface area contributed by atoms with E-state index in [1.807, 2.05) is 18.3 Å². The zero-order valence-electron chi connectivity index (χ0n) is 18.5. The molecule has 0 aromatic carbocycles. The van der Waals surface area contributed by atoms with Crippen LogP contribution in [0.25, 0.3) is 22.7 Å². The predicted molar refractivity (Wildman–Crippen MR) is 118 cm³/mol. The average Bonchev–Trinajstić information content (AvgIpc) is 3.43. The van der Waals surface area contributed by atoms with Crippen LogP contribution in [0.3, 0.4) is 0 Å². The highest BCUT2D eigenvalue weighted by molar-refractivity contribution is 5.58. The van der Waals surface area contributed by atoms with Crippen LogP contribution in [0.4, 0.5) is 5.95 Å². The molecule has 4 rings (SSSR count). The Morgan fingerprint density at radius 1 is 1.06 bits per heavy atom. The van der Waals surface area contributed by atoms with Crippen molar-refractivity contribution in [2.24, 2.45) is 5.92 Å². The maximum absolute atomic E-state index is 9.56. The van der Waals surface area contributed by atoms with Gasteiger partial charge in [0.05, 0.1) is 35.5 Å². The van der Waals surface area contributed by atoms with E-state index in [1.54, 1.807) is 36.4 Å². The smallest absolute Gasteiger partial charge is 0.261 e. The fraction of sp³-hybridized carbons (Fsp3) is 0.364. The first-order valence-electron chi connectivity index (χ1n) is 10.4. The largest absolute Gasteiger partial charge is 0.391 e. The highest BCUT2D eigenvalue weighted by atomic mass is 16.5. The molecule has 0 saturated heterocycles. The summed E-state index contributed by atoms with van der Waals surface area (Å²) in [5.41, 5.74) is 8.24. The molecule has 2 unspecified atom stereocenters. The molecule has 0 amide bonds. The molecule has 0 aliphatic heterocycles. The van der Waals surface area contributed by atoms with E-state index in [9.17, 15) is 5.11 Å². The first-order valence-corrected chi connectivity index (χ1v) is 10.4. The van der Waals surface area contributed by atoms with Crippen LogP contribution < -0.4 is 5.73 Å². The Kier molecular flexibility index (Phi) is 5.70. The van der Waals surface area contributed by atoms with Crippen LogP contribution in [-0.2, 0) is 12.0 Å². The van der Waals surface area contributed by atoms with Crippen LogP contribution in [0, 0.1) is 5.92 Å². The van der Waals surface area contributed by atoms with E-state index in [2.05, 4.69) is 51.0 Å². The van der Waals surface area contributed by atoms with Crippen molar-refractivity contribution >= 4 is 5.95 Å². The van der Waals surface area contributed by atoms with Gasteiger partial charge < -0.3 is 15.4 Å². The van der Waals surface area contributed by atoms with Crippen LogP contribution >= 0.6 is 0 Å². The number of nitrogens with two attached hydrogens (primary N) is 1. The van der Waals surface area contributed by atoms with E-state index in [4.69, 9.17) is 10.3 Å². The predicted octanol–water partition coefficient (Wildman–Crippen LogP) is 2.71. The Hall–Kier alpha value is -3.66. The van der Waals surface area contributed by atoms with Crippen LogP contribution in [0.15, 0.2) is 47.6 Å². The standard InChI is InChI=1S/C22H26N8O2/c1-13(2)22(4,17-5-6-18(24-10-17)15-7-25-21(23)26-8-15)20-28-19(32-29-20)16-9-27-30(12-16)11-14(3)31/h5-10,12-14,31H,11H2,1-4H3,(H2,23,25,26). The van der Waals surface area contributed by atoms with Gasteiger partial charge in [0.2, 0.25) is 5.95 Å². The highest BCUT2D eigenvalue weighted by Crippen LogP contribution is 2.38. The van der Waals surface area contributed by atoms with Crippen LogP contribution in [0.1, 0.15) is 39.1 Å². The molecule has 0 bridgehead atoms. The van der Waals surface area contributed by atoms with Gasteiger partial charge in [0.15, 0.2) is 5.82 Å². The van der Waals surface area contributed by atoms with Gasteiger partial charge in [0.25, 0.3) is 5.89 Å². The molecule has 0 spiro atoms. The maximum Gasteiger partial charge on any atom is 0.261 e. The number of pyridine rings is 1. The molecular weight excluding hydrogens is 408 g/mol. The molecule has 4 heterocycles. The van der Waals surface area contributed by atoms with Crippen molar-refractivity contribution in [1.29, 1.82) is 0 Å². The number of anilines is 1. The monoisotopic (exact) mass is 434 g/mol. The first kappa shape index (κ1) is 21.6. The Balaban J connectivity index is 1.64. The second kappa shape index (κ2) is 8.46. The van der Waals surface area contributed by atoms with E-state index in [0.717, 1.165) is 16.8 Å². The van der Waals surface area contributed by atoms with Gasteiger partial charge in [0.1, 0.15) is 0 Å². The average molecular weight is 435 g/mol. The Morgan fingerprint density at radius 2 is 1.81 bits per heavy atom. The fourth-order valence-corrected chi connectivity index (χ4v) is 3.46. The number of hydrogen-bond acceptors (Lipinski definition) is 9.